The summed E-state index contributed by atoms with van der Waals surface area (Å²) in [5.74, 6) is 0.326. The minimum Gasteiger partial charge on any atom is -0.330 e. The molecule has 0 amide bonds. The fraction of sp³-hybridized carbons (Fsp3) is 0.500. The van der Waals surface area contributed by atoms with Crippen LogP contribution in [0.15, 0.2) is 22.7 Å². The fourth-order valence-electron chi connectivity index (χ4n) is 2.42. The summed E-state index contributed by atoms with van der Waals surface area (Å²) >= 11 is 3.33. The normalized spacial score (nSPS) is 26.2. The van der Waals surface area contributed by atoms with E-state index < -0.39 is 0 Å². The monoisotopic (exact) mass is 286 g/mol. The molecule has 4 heteroatoms. The second kappa shape index (κ2) is 4.82. The average Bonchev–Trinajstić information content (AvgIpc) is 2.64. The molecule has 1 aromatic carbocycles. The van der Waals surface area contributed by atoms with E-state index in [0.717, 1.165) is 18.5 Å². The smallest absolute Gasteiger partial charge is 0.137 e. The summed E-state index contributed by atoms with van der Waals surface area (Å²) < 4.78 is 14.0. The average molecular weight is 287 g/mol. The number of halogens is 2. The van der Waals surface area contributed by atoms with Crippen LogP contribution in [0.4, 0.5) is 4.39 Å². The molecule has 2 N–H and O–H groups in total. The van der Waals surface area contributed by atoms with Crippen LogP contribution in [-0.4, -0.2) is 25.0 Å². The zero-order valence-electron chi connectivity index (χ0n) is 9.29. The van der Waals surface area contributed by atoms with Gasteiger partial charge in [0.05, 0.1) is 4.47 Å². The minimum atomic E-state index is -0.193. The maximum Gasteiger partial charge on any atom is 0.137 e. The summed E-state index contributed by atoms with van der Waals surface area (Å²) in [6.07, 6.45) is 1.01. The van der Waals surface area contributed by atoms with Crippen LogP contribution in [0.1, 0.15) is 18.0 Å². The van der Waals surface area contributed by atoms with Gasteiger partial charge in [-0.3, -0.25) is 4.90 Å². The van der Waals surface area contributed by atoms with Crippen molar-refractivity contribution in [2.75, 3.05) is 20.1 Å². The summed E-state index contributed by atoms with van der Waals surface area (Å²) in [5.41, 5.74) is 6.72. The Morgan fingerprint density at radius 3 is 2.94 bits per heavy atom. The quantitative estimate of drug-likeness (QED) is 0.905. The van der Waals surface area contributed by atoms with Gasteiger partial charge in [-0.05, 0) is 53.5 Å². The molecule has 0 saturated carbocycles. The molecule has 0 aromatic heterocycles. The van der Waals surface area contributed by atoms with Gasteiger partial charge in [0.15, 0.2) is 0 Å². The van der Waals surface area contributed by atoms with Gasteiger partial charge >= 0.3 is 0 Å². The van der Waals surface area contributed by atoms with Crippen LogP contribution in [0.25, 0.3) is 0 Å². The van der Waals surface area contributed by atoms with Gasteiger partial charge in [0.2, 0.25) is 0 Å². The van der Waals surface area contributed by atoms with Gasteiger partial charge in [0.1, 0.15) is 5.82 Å². The molecule has 2 unspecified atom stereocenters. The van der Waals surface area contributed by atoms with E-state index >= 15 is 0 Å². The molecule has 0 aliphatic carbocycles. The van der Waals surface area contributed by atoms with Crippen LogP contribution in [0, 0.1) is 11.7 Å². The standard InChI is InChI=1S/C12H16BrFN2/c1-16-7-8(6-15)5-11(16)9-3-2-4-10(14)12(9)13/h2-4,8,11H,5-7,15H2,1H3. The van der Waals surface area contributed by atoms with Crippen LogP contribution in [0.2, 0.25) is 0 Å². The molecule has 0 spiro atoms. The fourth-order valence-corrected chi connectivity index (χ4v) is 2.95. The first-order valence-electron chi connectivity index (χ1n) is 5.47. The Bertz CT molecular complexity index is 383. The minimum absolute atomic E-state index is 0.193. The first-order chi connectivity index (χ1) is 7.63. The third-order valence-corrected chi connectivity index (χ3v) is 4.15. The lowest BCUT2D eigenvalue weighted by atomic mass is 10.00. The maximum absolute atomic E-state index is 13.4. The van der Waals surface area contributed by atoms with E-state index in [0.29, 0.717) is 16.9 Å². The van der Waals surface area contributed by atoms with Crippen molar-refractivity contribution in [3.05, 3.63) is 34.1 Å². The van der Waals surface area contributed by atoms with Crippen LogP contribution >= 0.6 is 15.9 Å². The van der Waals surface area contributed by atoms with E-state index in [-0.39, 0.29) is 11.9 Å². The zero-order valence-corrected chi connectivity index (χ0v) is 10.9. The predicted octanol–water partition coefficient (Wildman–Crippen LogP) is 2.54. The molecule has 1 aliphatic rings. The topological polar surface area (TPSA) is 29.3 Å². The number of hydrogen-bond donors (Lipinski definition) is 1. The molecule has 1 heterocycles. The lowest BCUT2D eigenvalue weighted by Gasteiger charge is -2.20. The summed E-state index contributed by atoms with van der Waals surface area (Å²) in [4.78, 5) is 2.25. The maximum atomic E-state index is 13.4. The van der Waals surface area contributed by atoms with Crippen molar-refractivity contribution in [3.63, 3.8) is 0 Å². The van der Waals surface area contributed by atoms with Gasteiger partial charge in [-0.25, -0.2) is 4.39 Å². The lowest BCUT2D eigenvalue weighted by molar-refractivity contribution is 0.312. The molecule has 0 radical (unpaired) electrons. The summed E-state index contributed by atoms with van der Waals surface area (Å²) in [6.45, 7) is 1.69. The largest absolute Gasteiger partial charge is 0.330 e. The highest BCUT2D eigenvalue weighted by molar-refractivity contribution is 9.10. The first kappa shape index (κ1) is 12.0. The Kier molecular flexibility index (Phi) is 3.62. The van der Waals surface area contributed by atoms with Crippen LogP contribution in [0.3, 0.4) is 0 Å². The Morgan fingerprint density at radius 1 is 1.56 bits per heavy atom. The van der Waals surface area contributed by atoms with Gasteiger partial charge < -0.3 is 5.73 Å². The van der Waals surface area contributed by atoms with Gasteiger partial charge in [-0.1, -0.05) is 12.1 Å². The highest BCUT2D eigenvalue weighted by Crippen LogP contribution is 2.37. The second-order valence-corrected chi connectivity index (χ2v) is 5.23. The summed E-state index contributed by atoms with van der Waals surface area (Å²) in [7, 11) is 2.07. The van der Waals surface area contributed by atoms with Gasteiger partial charge in [-0.2, -0.15) is 0 Å². The van der Waals surface area contributed by atoms with Crippen molar-refractivity contribution in [2.45, 2.75) is 12.5 Å². The van der Waals surface area contributed by atoms with Crippen molar-refractivity contribution in [3.8, 4) is 0 Å². The molecule has 1 aliphatic heterocycles. The van der Waals surface area contributed by atoms with Crippen LogP contribution in [-0.2, 0) is 0 Å². The van der Waals surface area contributed by atoms with Gasteiger partial charge in [0.25, 0.3) is 0 Å². The number of rotatable bonds is 2. The first-order valence-corrected chi connectivity index (χ1v) is 6.27. The molecule has 2 rings (SSSR count). The third kappa shape index (κ3) is 2.14. The van der Waals surface area contributed by atoms with E-state index in [1.165, 1.54) is 6.07 Å². The number of nitrogens with zero attached hydrogens (tertiary/aromatic N) is 1. The number of hydrogen-bond acceptors (Lipinski definition) is 2. The Hall–Kier alpha value is -0.450. The summed E-state index contributed by atoms with van der Waals surface area (Å²) in [6, 6.07) is 5.49. The zero-order chi connectivity index (χ0) is 11.7. The van der Waals surface area contributed by atoms with E-state index in [9.17, 15) is 4.39 Å². The van der Waals surface area contributed by atoms with Crippen molar-refractivity contribution in [1.82, 2.24) is 4.90 Å². The van der Waals surface area contributed by atoms with Gasteiger partial charge in [0, 0.05) is 12.6 Å². The van der Waals surface area contributed by atoms with Crippen molar-refractivity contribution in [2.24, 2.45) is 11.7 Å². The molecular formula is C12H16BrFN2. The number of benzene rings is 1. The summed E-state index contributed by atoms with van der Waals surface area (Å²) in [5, 5.41) is 0. The Morgan fingerprint density at radius 2 is 2.31 bits per heavy atom. The van der Waals surface area contributed by atoms with Crippen LogP contribution < -0.4 is 5.73 Å². The van der Waals surface area contributed by atoms with Crippen molar-refractivity contribution >= 4 is 15.9 Å². The van der Waals surface area contributed by atoms with E-state index in [2.05, 4.69) is 27.9 Å². The molecule has 1 fully saturated rings. The highest BCUT2D eigenvalue weighted by atomic mass is 79.9. The molecule has 1 saturated heterocycles. The Balaban J connectivity index is 2.28. The third-order valence-electron chi connectivity index (χ3n) is 3.31. The molecule has 16 heavy (non-hydrogen) atoms. The number of likely N-dealkylation sites (tertiary alicyclic amines) is 1. The van der Waals surface area contributed by atoms with Gasteiger partial charge in [-0.15, -0.1) is 0 Å². The number of nitrogens with two attached hydrogens (primary N) is 1. The molecule has 88 valence electrons. The van der Waals surface area contributed by atoms with Crippen molar-refractivity contribution in [1.29, 1.82) is 0 Å². The second-order valence-electron chi connectivity index (χ2n) is 4.44. The van der Waals surface area contributed by atoms with Crippen molar-refractivity contribution < 1.29 is 4.39 Å². The molecular weight excluding hydrogens is 271 g/mol. The SMILES string of the molecule is CN1CC(CN)CC1c1cccc(F)c1Br. The molecule has 2 atom stereocenters. The Labute approximate surface area is 104 Å². The predicted molar refractivity (Wildman–Crippen MR) is 66.6 cm³/mol. The lowest BCUT2D eigenvalue weighted by Crippen LogP contribution is -2.20. The highest BCUT2D eigenvalue weighted by Gasteiger charge is 2.31. The van der Waals surface area contributed by atoms with E-state index in [1.54, 1.807) is 6.07 Å². The van der Waals surface area contributed by atoms with Crippen LogP contribution in [0.5, 0.6) is 0 Å². The molecule has 2 nitrogen and oxygen atoms in total. The van der Waals surface area contributed by atoms with E-state index in [1.807, 2.05) is 6.07 Å². The van der Waals surface area contributed by atoms with E-state index in [4.69, 9.17) is 5.73 Å². The molecule has 1 aromatic rings. The molecule has 0 bridgehead atoms.